The lowest BCUT2D eigenvalue weighted by Crippen LogP contribution is -2.22. The van der Waals surface area contributed by atoms with E-state index < -0.39 is 5.91 Å². The van der Waals surface area contributed by atoms with E-state index in [-0.39, 0.29) is 11.1 Å². The van der Waals surface area contributed by atoms with Crippen LogP contribution < -0.4 is 11.0 Å². The highest BCUT2D eigenvalue weighted by Gasteiger charge is 2.11. The average molecular weight is 352 g/mol. The highest BCUT2D eigenvalue weighted by molar-refractivity contribution is 7.18. The van der Waals surface area contributed by atoms with Gasteiger partial charge in [-0.15, -0.1) is 11.3 Å². The highest BCUT2D eigenvalue weighted by atomic mass is 32.1. The molecule has 4 aromatic rings. The molecule has 2 aromatic heterocycles. The van der Waals surface area contributed by atoms with E-state index in [0.717, 1.165) is 15.2 Å². The number of hydrogen-bond acceptors (Lipinski definition) is 6. The van der Waals surface area contributed by atoms with Crippen LogP contribution in [0, 0.1) is 0 Å². The summed E-state index contributed by atoms with van der Waals surface area (Å²) in [5.74, 6) is -0.678. The Hall–Kier alpha value is -3.10. The number of thiazole rings is 1. The van der Waals surface area contributed by atoms with Crippen LogP contribution in [0.1, 0.15) is 15.4 Å². The molecular formula is C17H12N4O3S. The summed E-state index contributed by atoms with van der Waals surface area (Å²) in [6.07, 6.45) is 1.47. The van der Waals surface area contributed by atoms with Gasteiger partial charge in [-0.05, 0) is 30.3 Å². The fraction of sp³-hybridized carbons (Fsp3) is 0.0588. The van der Waals surface area contributed by atoms with Crippen LogP contribution in [-0.4, -0.2) is 25.6 Å². The molecule has 0 radical (unpaired) electrons. The fourth-order valence-electron chi connectivity index (χ4n) is 2.61. The molecule has 0 bridgehead atoms. The number of aromatic nitrogens is 3. The third-order valence-electron chi connectivity index (χ3n) is 3.83. The standard InChI is InChI=1S/C17H12N4O3S/c22-16(20-24)10-5-6-12-11(7-10)17(23)21(9-18-12)8-15-19-13-3-1-2-4-14(13)25-15/h1-7,9,24H,8H2,(H,20,22). The van der Waals surface area contributed by atoms with Crippen LogP contribution >= 0.6 is 11.3 Å². The zero-order valence-electron chi connectivity index (χ0n) is 12.8. The van der Waals surface area contributed by atoms with Gasteiger partial charge in [-0.2, -0.15) is 0 Å². The Morgan fingerprint density at radius 2 is 2.04 bits per heavy atom. The van der Waals surface area contributed by atoms with E-state index in [0.29, 0.717) is 17.4 Å². The van der Waals surface area contributed by atoms with Gasteiger partial charge >= 0.3 is 0 Å². The van der Waals surface area contributed by atoms with Gasteiger partial charge in [0.15, 0.2) is 0 Å². The van der Waals surface area contributed by atoms with Crippen molar-refractivity contribution in [3.8, 4) is 0 Å². The van der Waals surface area contributed by atoms with Crippen molar-refractivity contribution in [3.63, 3.8) is 0 Å². The van der Waals surface area contributed by atoms with Crippen LogP contribution in [-0.2, 0) is 6.54 Å². The van der Waals surface area contributed by atoms with Crippen molar-refractivity contribution >= 4 is 38.4 Å². The highest BCUT2D eigenvalue weighted by Crippen LogP contribution is 2.22. The Labute approximate surface area is 145 Å². The number of hydroxylamine groups is 1. The lowest BCUT2D eigenvalue weighted by Gasteiger charge is -2.06. The van der Waals surface area contributed by atoms with Crippen LogP contribution in [0.25, 0.3) is 21.1 Å². The summed E-state index contributed by atoms with van der Waals surface area (Å²) in [7, 11) is 0. The Morgan fingerprint density at radius 1 is 1.20 bits per heavy atom. The number of benzene rings is 2. The predicted molar refractivity (Wildman–Crippen MR) is 94.0 cm³/mol. The molecule has 0 spiro atoms. The number of nitrogens with one attached hydrogen (secondary N) is 1. The molecule has 2 heterocycles. The van der Waals surface area contributed by atoms with Gasteiger partial charge in [0, 0.05) is 5.56 Å². The third-order valence-corrected chi connectivity index (χ3v) is 4.85. The molecule has 0 saturated heterocycles. The van der Waals surface area contributed by atoms with Crippen molar-refractivity contribution in [1.29, 1.82) is 0 Å². The summed E-state index contributed by atoms with van der Waals surface area (Å²) >= 11 is 1.52. The molecule has 0 aliphatic carbocycles. The maximum absolute atomic E-state index is 12.7. The van der Waals surface area contributed by atoms with Gasteiger partial charge in [-0.1, -0.05) is 12.1 Å². The van der Waals surface area contributed by atoms with Crippen molar-refractivity contribution in [3.05, 3.63) is 69.7 Å². The van der Waals surface area contributed by atoms with Crippen molar-refractivity contribution < 1.29 is 10.0 Å². The topological polar surface area (TPSA) is 97.1 Å². The predicted octanol–water partition coefficient (Wildman–Crippen LogP) is 2.17. The second kappa shape index (κ2) is 6.08. The second-order valence-corrected chi connectivity index (χ2v) is 6.54. The molecule has 25 heavy (non-hydrogen) atoms. The summed E-state index contributed by atoms with van der Waals surface area (Å²) in [6, 6.07) is 12.3. The molecule has 0 aliphatic heterocycles. The first kappa shape index (κ1) is 15.4. The summed E-state index contributed by atoms with van der Waals surface area (Å²) in [6.45, 7) is 0.303. The van der Waals surface area contributed by atoms with Gasteiger partial charge < -0.3 is 0 Å². The summed E-state index contributed by atoms with van der Waals surface area (Å²) < 4.78 is 2.52. The van der Waals surface area contributed by atoms with E-state index >= 15 is 0 Å². The van der Waals surface area contributed by atoms with Gasteiger partial charge in [0.25, 0.3) is 11.5 Å². The van der Waals surface area contributed by atoms with Crippen LogP contribution in [0.3, 0.4) is 0 Å². The Morgan fingerprint density at radius 3 is 2.84 bits per heavy atom. The SMILES string of the molecule is O=C(NO)c1ccc2ncn(Cc3nc4ccccc4s3)c(=O)c2c1. The number of amides is 1. The van der Waals surface area contributed by atoms with Crippen LogP contribution in [0.2, 0.25) is 0 Å². The quantitative estimate of drug-likeness (QED) is 0.435. The van der Waals surface area contributed by atoms with E-state index in [2.05, 4.69) is 9.97 Å². The molecule has 0 aliphatic rings. The Bertz CT molecular complexity index is 1130. The van der Waals surface area contributed by atoms with Crippen LogP contribution in [0.15, 0.2) is 53.6 Å². The van der Waals surface area contributed by atoms with Gasteiger partial charge in [0.2, 0.25) is 0 Å². The fourth-order valence-corrected chi connectivity index (χ4v) is 3.58. The van der Waals surface area contributed by atoms with Crippen LogP contribution in [0.4, 0.5) is 0 Å². The molecule has 2 aromatic carbocycles. The first-order valence-electron chi connectivity index (χ1n) is 7.44. The van der Waals surface area contributed by atoms with Crippen molar-refractivity contribution in [2.24, 2.45) is 0 Å². The zero-order valence-corrected chi connectivity index (χ0v) is 13.7. The maximum atomic E-state index is 12.7. The van der Waals surface area contributed by atoms with Gasteiger partial charge in [0.05, 0.1) is 34.0 Å². The van der Waals surface area contributed by atoms with Gasteiger partial charge in [-0.3, -0.25) is 19.4 Å². The first-order valence-corrected chi connectivity index (χ1v) is 8.25. The van der Waals surface area contributed by atoms with E-state index in [4.69, 9.17) is 5.21 Å². The minimum absolute atomic E-state index is 0.187. The summed E-state index contributed by atoms with van der Waals surface area (Å²) in [5.41, 5.74) is 2.86. The number of fused-ring (bicyclic) bond motifs is 2. The lowest BCUT2D eigenvalue weighted by atomic mass is 10.1. The van der Waals surface area contributed by atoms with E-state index in [1.165, 1.54) is 34.4 Å². The summed E-state index contributed by atoms with van der Waals surface area (Å²) in [4.78, 5) is 33.0. The zero-order chi connectivity index (χ0) is 17.4. The third kappa shape index (κ3) is 2.77. The molecule has 0 unspecified atom stereocenters. The first-order chi connectivity index (χ1) is 12.2. The number of hydrogen-bond donors (Lipinski definition) is 2. The minimum Gasteiger partial charge on any atom is -0.292 e. The number of rotatable bonds is 3. The maximum Gasteiger partial charge on any atom is 0.274 e. The Kier molecular flexibility index (Phi) is 3.75. The van der Waals surface area contributed by atoms with E-state index in [1.807, 2.05) is 24.3 Å². The van der Waals surface area contributed by atoms with E-state index in [1.54, 1.807) is 11.5 Å². The normalized spacial score (nSPS) is 11.1. The molecule has 0 saturated carbocycles. The molecular weight excluding hydrogens is 340 g/mol. The monoisotopic (exact) mass is 352 g/mol. The lowest BCUT2D eigenvalue weighted by molar-refractivity contribution is 0.0706. The largest absolute Gasteiger partial charge is 0.292 e. The molecule has 0 atom stereocenters. The number of nitrogens with zero attached hydrogens (tertiary/aromatic N) is 3. The van der Waals surface area contributed by atoms with Crippen molar-refractivity contribution in [2.75, 3.05) is 0 Å². The Balaban J connectivity index is 1.77. The van der Waals surface area contributed by atoms with Crippen LogP contribution in [0.5, 0.6) is 0 Å². The molecule has 4 rings (SSSR count). The minimum atomic E-state index is -0.678. The molecule has 0 fully saturated rings. The second-order valence-electron chi connectivity index (χ2n) is 5.43. The smallest absolute Gasteiger partial charge is 0.274 e. The average Bonchev–Trinajstić information content (AvgIpc) is 3.05. The molecule has 2 N–H and O–H groups in total. The van der Waals surface area contributed by atoms with Crippen molar-refractivity contribution in [2.45, 2.75) is 6.54 Å². The molecule has 8 heteroatoms. The number of carbonyl (C=O) groups is 1. The van der Waals surface area contributed by atoms with Crippen molar-refractivity contribution in [1.82, 2.24) is 20.0 Å². The number of carbonyl (C=O) groups excluding carboxylic acids is 1. The number of para-hydroxylation sites is 1. The van der Waals surface area contributed by atoms with E-state index in [9.17, 15) is 9.59 Å². The molecule has 1 amide bonds. The van der Waals surface area contributed by atoms with Gasteiger partial charge in [0.1, 0.15) is 5.01 Å². The molecule has 7 nitrogen and oxygen atoms in total. The van der Waals surface area contributed by atoms with Gasteiger partial charge in [-0.25, -0.2) is 15.4 Å². The molecule has 124 valence electrons. The summed E-state index contributed by atoms with van der Waals surface area (Å²) in [5, 5.41) is 9.85.